The number of hydrogen-bond donors (Lipinski definition) is 0. The molecule has 0 saturated carbocycles. The monoisotopic (exact) mass is 574 g/mol. The first-order valence-electron chi connectivity index (χ1n) is 15.1. The van der Waals surface area contributed by atoms with Gasteiger partial charge < -0.3 is 9.64 Å². The molecule has 0 N–H and O–H groups in total. The van der Waals surface area contributed by atoms with E-state index < -0.39 is 0 Å². The van der Waals surface area contributed by atoms with Crippen LogP contribution in [-0.2, 0) is 17.8 Å². The Morgan fingerprint density at radius 1 is 0.767 bits per heavy atom. The van der Waals surface area contributed by atoms with Crippen LogP contribution in [0.4, 0.5) is 4.79 Å². The fraction of sp³-hybridized carbons (Fsp3) is 0.278. The van der Waals surface area contributed by atoms with Gasteiger partial charge in [0.25, 0.3) is 0 Å². The number of ether oxygens (including phenoxy) is 1. The van der Waals surface area contributed by atoms with E-state index in [-0.39, 0.29) is 23.9 Å². The molecule has 7 heteroatoms. The van der Waals surface area contributed by atoms with Gasteiger partial charge in [0.15, 0.2) is 0 Å². The van der Waals surface area contributed by atoms with Crippen LogP contribution in [0.1, 0.15) is 36.9 Å². The SMILES string of the molecule is CC(COC(=O)N1CCC(n2c(=O)n(-c3ccccc3)c3ccccc32)CC1)N(Cc1ccccc1)Cc1ccccc1. The lowest BCUT2D eigenvalue weighted by Gasteiger charge is -2.33. The average Bonchev–Trinajstić information content (AvgIpc) is 3.36. The van der Waals surface area contributed by atoms with Crippen LogP contribution >= 0.6 is 0 Å². The Morgan fingerprint density at radius 3 is 1.86 bits per heavy atom. The number of amides is 1. The highest BCUT2D eigenvalue weighted by Gasteiger charge is 2.29. The van der Waals surface area contributed by atoms with Crippen LogP contribution in [0, 0.1) is 0 Å². The highest BCUT2D eigenvalue weighted by atomic mass is 16.6. The van der Waals surface area contributed by atoms with E-state index in [0.29, 0.717) is 32.5 Å². The van der Waals surface area contributed by atoms with Crippen molar-refractivity contribution in [1.29, 1.82) is 0 Å². The van der Waals surface area contributed by atoms with E-state index in [9.17, 15) is 9.59 Å². The number of piperidine rings is 1. The second-order valence-corrected chi connectivity index (χ2v) is 11.3. The second kappa shape index (κ2) is 13.1. The summed E-state index contributed by atoms with van der Waals surface area (Å²) in [4.78, 5) is 31.0. The molecule has 0 radical (unpaired) electrons. The Kier molecular flexibility index (Phi) is 8.70. The van der Waals surface area contributed by atoms with Gasteiger partial charge in [-0.15, -0.1) is 0 Å². The normalized spacial score (nSPS) is 14.7. The predicted molar refractivity (Wildman–Crippen MR) is 170 cm³/mol. The summed E-state index contributed by atoms with van der Waals surface area (Å²) in [6, 6.07) is 38.5. The maximum absolute atomic E-state index is 13.7. The van der Waals surface area contributed by atoms with Gasteiger partial charge in [0.1, 0.15) is 6.61 Å². The summed E-state index contributed by atoms with van der Waals surface area (Å²) in [5.74, 6) is 0. The summed E-state index contributed by atoms with van der Waals surface area (Å²) in [6.45, 7) is 5.05. The number of aromatic nitrogens is 2. The highest BCUT2D eigenvalue weighted by molar-refractivity contribution is 5.78. The molecule has 1 atom stereocenters. The molecule has 220 valence electrons. The van der Waals surface area contributed by atoms with Crippen molar-refractivity contribution in [3.05, 3.63) is 137 Å². The molecule has 1 amide bonds. The first-order chi connectivity index (χ1) is 21.1. The zero-order valence-electron chi connectivity index (χ0n) is 24.6. The lowest BCUT2D eigenvalue weighted by atomic mass is 10.0. The van der Waals surface area contributed by atoms with Gasteiger partial charge in [-0.05, 0) is 55.2 Å². The van der Waals surface area contributed by atoms with Gasteiger partial charge in [0.05, 0.1) is 16.7 Å². The Morgan fingerprint density at radius 2 is 1.28 bits per heavy atom. The Hall–Kier alpha value is -4.62. The van der Waals surface area contributed by atoms with Crippen LogP contribution in [0.2, 0.25) is 0 Å². The minimum absolute atomic E-state index is 0.0116. The zero-order chi connectivity index (χ0) is 29.6. The van der Waals surface area contributed by atoms with Gasteiger partial charge in [-0.1, -0.05) is 91.0 Å². The largest absolute Gasteiger partial charge is 0.448 e. The van der Waals surface area contributed by atoms with Gasteiger partial charge in [-0.2, -0.15) is 0 Å². The van der Waals surface area contributed by atoms with Crippen LogP contribution in [0.5, 0.6) is 0 Å². The van der Waals surface area contributed by atoms with Crippen molar-refractivity contribution in [3.8, 4) is 5.69 Å². The summed E-state index contributed by atoms with van der Waals surface area (Å²) < 4.78 is 9.57. The topological polar surface area (TPSA) is 59.7 Å². The second-order valence-electron chi connectivity index (χ2n) is 11.3. The van der Waals surface area contributed by atoms with Crippen LogP contribution < -0.4 is 5.69 Å². The zero-order valence-corrected chi connectivity index (χ0v) is 24.6. The predicted octanol–water partition coefficient (Wildman–Crippen LogP) is 6.66. The number of hydrogen-bond acceptors (Lipinski definition) is 4. The maximum atomic E-state index is 13.7. The third-order valence-electron chi connectivity index (χ3n) is 8.41. The van der Waals surface area contributed by atoms with E-state index in [4.69, 9.17) is 4.74 Å². The van der Waals surface area contributed by atoms with Gasteiger partial charge in [-0.25, -0.2) is 9.59 Å². The number of likely N-dealkylation sites (tertiary alicyclic amines) is 1. The third kappa shape index (κ3) is 6.42. The van der Waals surface area contributed by atoms with E-state index in [2.05, 4.69) is 60.4 Å². The Bertz CT molecular complexity index is 1650. The molecule has 1 saturated heterocycles. The summed E-state index contributed by atoms with van der Waals surface area (Å²) in [5, 5.41) is 0. The fourth-order valence-corrected chi connectivity index (χ4v) is 6.05. The van der Waals surface area contributed by atoms with E-state index >= 15 is 0 Å². The molecule has 4 aromatic carbocycles. The summed E-state index contributed by atoms with van der Waals surface area (Å²) in [5.41, 5.74) is 5.07. The number of rotatable bonds is 9. The Labute approximate surface area is 252 Å². The lowest BCUT2D eigenvalue weighted by molar-refractivity contribution is 0.0567. The van der Waals surface area contributed by atoms with Gasteiger partial charge >= 0.3 is 11.8 Å². The van der Waals surface area contributed by atoms with E-state index in [1.165, 1.54) is 11.1 Å². The highest BCUT2D eigenvalue weighted by Crippen LogP contribution is 2.27. The molecule has 5 aromatic rings. The number of nitrogens with zero attached hydrogens (tertiary/aromatic N) is 4. The molecular weight excluding hydrogens is 536 g/mol. The molecule has 43 heavy (non-hydrogen) atoms. The van der Waals surface area contributed by atoms with Crippen LogP contribution in [0.15, 0.2) is 120 Å². The standard InChI is InChI=1S/C36H38N4O3/c1-28(38(25-29-13-5-2-6-14-29)26-30-15-7-3-8-16-30)27-43-36(42)37-23-21-32(22-24-37)40-34-20-12-11-19-33(34)39(35(40)41)31-17-9-4-10-18-31/h2-20,28,32H,21-27H2,1H3. The average molecular weight is 575 g/mol. The molecule has 1 aliphatic heterocycles. The summed E-state index contributed by atoms with van der Waals surface area (Å²) >= 11 is 0. The molecular formula is C36H38N4O3. The van der Waals surface area contributed by atoms with E-state index in [1.807, 2.05) is 71.3 Å². The molecule has 1 aliphatic rings. The smallest absolute Gasteiger partial charge is 0.409 e. The van der Waals surface area contributed by atoms with Crippen molar-refractivity contribution in [3.63, 3.8) is 0 Å². The van der Waals surface area contributed by atoms with Crippen molar-refractivity contribution in [1.82, 2.24) is 18.9 Å². The van der Waals surface area contributed by atoms with Crippen molar-refractivity contribution in [2.45, 2.75) is 44.9 Å². The maximum Gasteiger partial charge on any atom is 0.409 e. The van der Waals surface area contributed by atoms with Crippen LogP contribution in [0.25, 0.3) is 16.7 Å². The molecule has 1 unspecified atom stereocenters. The quantitative estimate of drug-likeness (QED) is 0.198. The lowest BCUT2D eigenvalue weighted by Crippen LogP contribution is -2.43. The van der Waals surface area contributed by atoms with Crippen molar-refractivity contribution >= 4 is 17.1 Å². The van der Waals surface area contributed by atoms with Crippen LogP contribution in [-0.4, -0.2) is 50.8 Å². The van der Waals surface area contributed by atoms with Gasteiger partial charge in [-0.3, -0.25) is 14.0 Å². The number of imidazole rings is 1. The summed E-state index contributed by atoms with van der Waals surface area (Å²) in [7, 11) is 0. The number of fused-ring (bicyclic) bond motifs is 1. The molecule has 0 aliphatic carbocycles. The molecule has 1 aromatic heterocycles. The minimum Gasteiger partial charge on any atom is -0.448 e. The van der Waals surface area contributed by atoms with Crippen molar-refractivity contribution < 1.29 is 9.53 Å². The van der Waals surface area contributed by atoms with Gasteiger partial charge in [0, 0.05) is 38.3 Å². The molecule has 0 spiro atoms. The number of carbonyl (C=O) groups is 1. The Balaban J connectivity index is 1.10. The van der Waals surface area contributed by atoms with Gasteiger partial charge in [0.2, 0.25) is 0 Å². The minimum atomic E-state index is -0.288. The van der Waals surface area contributed by atoms with E-state index in [1.54, 1.807) is 9.47 Å². The first-order valence-corrected chi connectivity index (χ1v) is 15.1. The van der Waals surface area contributed by atoms with Crippen LogP contribution in [0.3, 0.4) is 0 Å². The molecule has 2 heterocycles. The first kappa shape index (κ1) is 28.5. The van der Waals surface area contributed by atoms with Crippen molar-refractivity contribution in [2.75, 3.05) is 19.7 Å². The molecule has 6 rings (SSSR count). The third-order valence-corrected chi connectivity index (χ3v) is 8.41. The number of para-hydroxylation sites is 3. The molecule has 0 bridgehead atoms. The number of carbonyl (C=O) groups excluding carboxylic acids is 1. The van der Waals surface area contributed by atoms with E-state index in [0.717, 1.165) is 29.8 Å². The molecule has 7 nitrogen and oxygen atoms in total. The summed E-state index contributed by atoms with van der Waals surface area (Å²) in [6.07, 6.45) is 1.10. The number of benzene rings is 4. The fourth-order valence-electron chi connectivity index (χ4n) is 6.05. The van der Waals surface area contributed by atoms with Crippen molar-refractivity contribution in [2.24, 2.45) is 0 Å². The molecule has 1 fully saturated rings.